The number of nitrogens with two attached hydrogens (primary N) is 1. The van der Waals surface area contributed by atoms with Crippen molar-refractivity contribution in [1.82, 2.24) is 5.32 Å². The van der Waals surface area contributed by atoms with Gasteiger partial charge in [0.05, 0.1) is 6.61 Å². The quantitative estimate of drug-likeness (QED) is 0.264. The first-order valence-electron chi connectivity index (χ1n) is 6.57. The number of hydrogen-bond donors (Lipinski definition) is 4. The molecule has 0 fully saturated rings. The first-order chi connectivity index (χ1) is 9.46. The van der Waals surface area contributed by atoms with E-state index in [2.05, 4.69) is 24.3 Å². The Bertz CT molecular complexity index is 464. The molecule has 0 amide bonds. The Balaban J connectivity index is 2.74. The zero-order chi connectivity index (χ0) is 15.1. The fourth-order valence-electron chi connectivity index (χ4n) is 2.01. The highest BCUT2D eigenvalue weighted by Gasteiger charge is 2.10. The molecule has 0 aliphatic rings. The molecule has 1 atom stereocenters. The Kier molecular flexibility index (Phi) is 6.41. The fraction of sp³-hybridized carbons (Fsp3) is 0.500. The second-order valence-electron chi connectivity index (χ2n) is 5.22. The van der Waals surface area contributed by atoms with Crippen molar-refractivity contribution < 1.29 is 14.7 Å². The van der Waals surface area contributed by atoms with Crippen LogP contribution in [0.15, 0.2) is 23.4 Å². The molecule has 5 nitrogen and oxygen atoms in total. The van der Waals surface area contributed by atoms with E-state index in [0.717, 1.165) is 6.42 Å². The smallest absolute Gasteiger partial charge is 0.170 e. The van der Waals surface area contributed by atoms with E-state index in [9.17, 15) is 9.50 Å². The van der Waals surface area contributed by atoms with Crippen molar-refractivity contribution in [2.45, 2.75) is 32.9 Å². The Labute approximate surface area is 118 Å². The molecule has 1 aromatic rings. The van der Waals surface area contributed by atoms with Crippen molar-refractivity contribution >= 4 is 5.84 Å². The van der Waals surface area contributed by atoms with Gasteiger partial charge in [-0.2, -0.15) is 0 Å². The third kappa shape index (κ3) is 5.14. The number of benzene rings is 1. The molecule has 6 heteroatoms. The molecule has 20 heavy (non-hydrogen) atoms. The van der Waals surface area contributed by atoms with Crippen molar-refractivity contribution in [3.63, 3.8) is 0 Å². The number of hydrogen-bond acceptors (Lipinski definition) is 4. The van der Waals surface area contributed by atoms with Gasteiger partial charge >= 0.3 is 0 Å². The SMILES string of the molecule is CC(C)CC(CO)NCc1cc(F)cc(/C(N)=N/O)c1. The summed E-state index contributed by atoms with van der Waals surface area (Å²) >= 11 is 0. The second kappa shape index (κ2) is 7.81. The molecule has 0 heterocycles. The molecule has 5 N–H and O–H groups in total. The third-order valence-corrected chi connectivity index (χ3v) is 2.93. The van der Waals surface area contributed by atoms with Gasteiger partial charge in [-0.15, -0.1) is 0 Å². The van der Waals surface area contributed by atoms with E-state index in [1.807, 2.05) is 0 Å². The van der Waals surface area contributed by atoms with Crippen LogP contribution in [0.4, 0.5) is 4.39 Å². The molecule has 0 spiro atoms. The Morgan fingerprint density at radius 1 is 1.40 bits per heavy atom. The Hall–Kier alpha value is -1.66. The lowest BCUT2D eigenvalue weighted by atomic mass is 10.0. The standard InChI is InChI=1S/C14H22FN3O2/c1-9(2)3-13(8-19)17-7-10-4-11(14(16)18-20)6-12(15)5-10/h4-6,9,13,17,19-20H,3,7-8H2,1-2H3,(H2,16,18). The summed E-state index contributed by atoms with van der Waals surface area (Å²) in [5, 5.41) is 23.9. The number of amidine groups is 1. The van der Waals surface area contributed by atoms with Gasteiger partial charge in [0.1, 0.15) is 5.82 Å². The summed E-state index contributed by atoms with van der Waals surface area (Å²) in [5.41, 5.74) is 6.46. The first-order valence-corrected chi connectivity index (χ1v) is 6.57. The minimum atomic E-state index is -0.449. The van der Waals surface area contributed by atoms with Crippen molar-refractivity contribution in [1.29, 1.82) is 0 Å². The van der Waals surface area contributed by atoms with Gasteiger partial charge in [-0.05, 0) is 36.1 Å². The summed E-state index contributed by atoms with van der Waals surface area (Å²) in [6, 6.07) is 4.20. The predicted octanol–water partition coefficient (Wildman–Crippen LogP) is 1.42. The lowest BCUT2D eigenvalue weighted by Gasteiger charge is -2.18. The molecular formula is C14H22FN3O2. The van der Waals surface area contributed by atoms with Gasteiger partial charge in [-0.25, -0.2) is 4.39 Å². The number of nitrogens with zero attached hydrogens (tertiary/aromatic N) is 1. The maximum atomic E-state index is 13.5. The van der Waals surface area contributed by atoms with Gasteiger partial charge in [0.2, 0.25) is 0 Å². The lowest BCUT2D eigenvalue weighted by molar-refractivity contribution is 0.223. The monoisotopic (exact) mass is 283 g/mol. The molecule has 1 aromatic carbocycles. The molecule has 1 unspecified atom stereocenters. The molecule has 0 aliphatic carbocycles. The molecular weight excluding hydrogens is 261 g/mol. The van der Waals surface area contributed by atoms with Gasteiger partial charge in [0.25, 0.3) is 0 Å². The highest BCUT2D eigenvalue weighted by atomic mass is 19.1. The van der Waals surface area contributed by atoms with Crippen LogP contribution in [0.1, 0.15) is 31.4 Å². The number of aliphatic hydroxyl groups excluding tert-OH is 1. The van der Waals surface area contributed by atoms with Crippen LogP contribution in [0, 0.1) is 11.7 Å². The van der Waals surface area contributed by atoms with Crippen LogP contribution in [0.2, 0.25) is 0 Å². The molecule has 1 rings (SSSR count). The van der Waals surface area contributed by atoms with Crippen LogP contribution < -0.4 is 11.1 Å². The van der Waals surface area contributed by atoms with Crippen molar-refractivity contribution in [3.05, 3.63) is 35.1 Å². The number of oxime groups is 1. The largest absolute Gasteiger partial charge is 0.409 e. The van der Waals surface area contributed by atoms with Crippen molar-refractivity contribution in [2.24, 2.45) is 16.8 Å². The maximum Gasteiger partial charge on any atom is 0.170 e. The van der Waals surface area contributed by atoms with E-state index < -0.39 is 5.82 Å². The van der Waals surface area contributed by atoms with Crippen LogP contribution in [0.3, 0.4) is 0 Å². The maximum absolute atomic E-state index is 13.5. The van der Waals surface area contributed by atoms with Crippen molar-refractivity contribution in [2.75, 3.05) is 6.61 Å². The predicted molar refractivity (Wildman–Crippen MR) is 76.1 cm³/mol. The number of nitrogens with one attached hydrogen (secondary N) is 1. The molecule has 112 valence electrons. The highest BCUT2D eigenvalue weighted by Crippen LogP contribution is 2.11. The topological polar surface area (TPSA) is 90.9 Å². The van der Waals surface area contributed by atoms with E-state index in [-0.39, 0.29) is 18.5 Å². The summed E-state index contributed by atoms with van der Waals surface area (Å²) in [5.74, 6) is -0.123. The zero-order valence-corrected chi connectivity index (χ0v) is 11.8. The summed E-state index contributed by atoms with van der Waals surface area (Å²) < 4.78 is 13.5. The van der Waals surface area contributed by atoms with Crippen LogP contribution in [-0.4, -0.2) is 28.8 Å². The van der Waals surface area contributed by atoms with E-state index >= 15 is 0 Å². The number of aliphatic hydroxyl groups is 1. The fourth-order valence-corrected chi connectivity index (χ4v) is 2.01. The van der Waals surface area contributed by atoms with E-state index in [1.165, 1.54) is 12.1 Å². The van der Waals surface area contributed by atoms with Crippen LogP contribution >= 0.6 is 0 Å². The molecule has 0 aromatic heterocycles. The van der Waals surface area contributed by atoms with Gasteiger partial charge in [0, 0.05) is 18.2 Å². The van der Waals surface area contributed by atoms with Gasteiger partial charge < -0.3 is 21.4 Å². The number of rotatable bonds is 7. The van der Waals surface area contributed by atoms with Gasteiger partial charge in [-0.1, -0.05) is 19.0 Å². The van der Waals surface area contributed by atoms with Crippen LogP contribution in [0.25, 0.3) is 0 Å². The van der Waals surface area contributed by atoms with Crippen LogP contribution in [0.5, 0.6) is 0 Å². The highest BCUT2D eigenvalue weighted by molar-refractivity contribution is 5.97. The second-order valence-corrected chi connectivity index (χ2v) is 5.22. The molecule has 0 saturated heterocycles. The van der Waals surface area contributed by atoms with Crippen LogP contribution in [-0.2, 0) is 6.54 Å². The summed E-state index contributed by atoms with van der Waals surface area (Å²) in [7, 11) is 0. The van der Waals surface area contributed by atoms with E-state index in [0.29, 0.717) is 23.6 Å². The normalized spacial score (nSPS) is 13.8. The molecule has 0 bridgehead atoms. The number of halogens is 1. The summed E-state index contributed by atoms with van der Waals surface area (Å²) in [6.07, 6.45) is 0.832. The summed E-state index contributed by atoms with van der Waals surface area (Å²) in [6.45, 7) is 4.58. The molecule has 0 radical (unpaired) electrons. The first kappa shape index (κ1) is 16.4. The minimum Gasteiger partial charge on any atom is -0.409 e. The molecule has 0 aliphatic heterocycles. The van der Waals surface area contributed by atoms with Crippen molar-refractivity contribution in [3.8, 4) is 0 Å². The Morgan fingerprint density at radius 3 is 2.65 bits per heavy atom. The third-order valence-electron chi connectivity index (χ3n) is 2.93. The average molecular weight is 283 g/mol. The van der Waals surface area contributed by atoms with E-state index in [4.69, 9.17) is 10.9 Å². The Morgan fingerprint density at radius 2 is 2.10 bits per heavy atom. The van der Waals surface area contributed by atoms with Gasteiger partial charge in [-0.3, -0.25) is 0 Å². The summed E-state index contributed by atoms with van der Waals surface area (Å²) in [4.78, 5) is 0. The molecule has 0 saturated carbocycles. The lowest BCUT2D eigenvalue weighted by Crippen LogP contribution is -2.33. The van der Waals surface area contributed by atoms with Gasteiger partial charge in [0.15, 0.2) is 5.84 Å². The zero-order valence-electron chi connectivity index (χ0n) is 11.8. The average Bonchev–Trinajstić information content (AvgIpc) is 2.41. The minimum absolute atomic E-state index is 0.0284. The van der Waals surface area contributed by atoms with E-state index in [1.54, 1.807) is 6.07 Å².